The number of hydrogen-bond acceptors (Lipinski definition) is 2. The molecule has 4 heteroatoms. The highest BCUT2D eigenvalue weighted by atomic mass is 32.1. The molecular weight excluding hydrogens is 208 g/mol. The molecule has 3 heterocycles. The maximum absolute atomic E-state index is 11.8. The van der Waals surface area contributed by atoms with Crippen LogP contribution in [0, 0.1) is 0 Å². The molecule has 15 heavy (non-hydrogen) atoms. The van der Waals surface area contributed by atoms with Gasteiger partial charge in [-0.2, -0.15) is 0 Å². The number of aromatic nitrogens is 1. The van der Waals surface area contributed by atoms with Crippen LogP contribution in [0.4, 0.5) is 0 Å². The fourth-order valence-electron chi connectivity index (χ4n) is 1.94. The Hall–Kier alpha value is -1.55. The number of nitrogens with zero attached hydrogens (tertiary/aromatic N) is 1. The Morgan fingerprint density at radius 3 is 3.20 bits per heavy atom. The van der Waals surface area contributed by atoms with Crippen molar-refractivity contribution in [2.45, 2.75) is 13.0 Å². The number of fused-ring (bicyclic) bond motifs is 3. The fraction of sp³-hybridized carbons (Fsp3) is 0.182. The van der Waals surface area contributed by atoms with E-state index in [0.717, 1.165) is 16.3 Å². The van der Waals surface area contributed by atoms with Crippen LogP contribution < -0.4 is 5.32 Å². The number of carbonyl (C=O) groups excluding carboxylic acids is 1. The normalized spacial score (nSPS) is 19.0. The van der Waals surface area contributed by atoms with Gasteiger partial charge in [-0.15, -0.1) is 11.3 Å². The minimum Gasteiger partial charge on any atom is -0.344 e. The Kier molecular flexibility index (Phi) is 1.73. The van der Waals surface area contributed by atoms with Crippen LogP contribution in [0.15, 0.2) is 29.8 Å². The van der Waals surface area contributed by atoms with E-state index in [4.69, 9.17) is 0 Å². The van der Waals surface area contributed by atoms with Crippen molar-refractivity contribution in [2.24, 2.45) is 0 Å². The van der Waals surface area contributed by atoms with Gasteiger partial charge in [0.2, 0.25) is 0 Å². The Bertz CT molecular complexity index is 526. The van der Waals surface area contributed by atoms with Crippen molar-refractivity contribution in [3.05, 3.63) is 41.0 Å². The molecule has 2 aromatic rings. The number of rotatable bonds is 0. The molecule has 76 valence electrons. The number of thiophene rings is 1. The Balaban J connectivity index is 2.31. The molecule has 0 saturated heterocycles. The van der Waals surface area contributed by atoms with Crippen molar-refractivity contribution in [3.63, 3.8) is 0 Å². The molecule has 1 N–H and O–H groups in total. The quantitative estimate of drug-likeness (QED) is 0.723. The molecule has 3 rings (SSSR count). The second-order valence-corrected chi connectivity index (χ2v) is 4.53. The van der Waals surface area contributed by atoms with Crippen LogP contribution >= 0.6 is 11.3 Å². The van der Waals surface area contributed by atoms with Gasteiger partial charge in [0, 0.05) is 11.9 Å². The monoisotopic (exact) mass is 218 g/mol. The van der Waals surface area contributed by atoms with E-state index in [1.165, 1.54) is 0 Å². The topological polar surface area (TPSA) is 34.0 Å². The molecule has 2 aromatic heterocycles. The minimum absolute atomic E-state index is 0.0162. The van der Waals surface area contributed by atoms with Crippen molar-refractivity contribution in [2.75, 3.05) is 0 Å². The van der Waals surface area contributed by atoms with Crippen LogP contribution in [0.25, 0.3) is 5.00 Å². The van der Waals surface area contributed by atoms with E-state index in [2.05, 4.69) is 9.88 Å². The third kappa shape index (κ3) is 1.15. The minimum atomic E-state index is 0.0162. The summed E-state index contributed by atoms with van der Waals surface area (Å²) in [6.45, 7) is 2.00. The van der Waals surface area contributed by atoms with Crippen molar-refractivity contribution in [3.8, 4) is 5.00 Å². The maximum atomic E-state index is 11.8. The van der Waals surface area contributed by atoms with Gasteiger partial charge in [0.25, 0.3) is 5.91 Å². The van der Waals surface area contributed by atoms with Gasteiger partial charge in [0.15, 0.2) is 0 Å². The summed E-state index contributed by atoms with van der Waals surface area (Å²) in [7, 11) is 0. The summed E-state index contributed by atoms with van der Waals surface area (Å²) in [4.78, 5) is 11.8. The van der Waals surface area contributed by atoms with E-state index in [-0.39, 0.29) is 11.9 Å². The van der Waals surface area contributed by atoms with Crippen LogP contribution in [0.1, 0.15) is 29.0 Å². The van der Waals surface area contributed by atoms with Crippen LogP contribution in [0.5, 0.6) is 0 Å². The highest BCUT2D eigenvalue weighted by Gasteiger charge is 2.23. The summed E-state index contributed by atoms with van der Waals surface area (Å²) in [5, 5.41) is 5.93. The molecule has 0 aliphatic carbocycles. The summed E-state index contributed by atoms with van der Waals surface area (Å²) in [5.74, 6) is 0.0162. The van der Waals surface area contributed by atoms with Gasteiger partial charge >= 0.3 is 0 Å². The summed E-state index contributed by atoms with van der Waals surface area (Å²) in [6, 6.07) is 5.98. The molecule has 0 spiro atoms. The van der Waals surface area contributed by atoms with Gasteiger partial charge < -0.3 is 9.88 Å². The van der Waals surface area contributed by atoms with E-state index in [9.17, 15) is 4.79 Å². The van der Waals surface area contributed by atoms with E-state index >= 15 is 0 Å². The van der Waals surface area contributed by atoms with Crippen LogP contribution in [0.2, 0.25) is 0 Å². The van der Waals surface area contributed by atoms with Gasteiger partial charge in [0.05, 0.1) is 11.6 Å². The molecular formula is C11H10N2OS. The number of amides is 1. The fourth-order valence-corrected chi connectivity index (χ4v) is 2.84. The first-order valence-corrected chi connectivity index (χ1v) is 5.71. The zero-order chi connectivity index (χ0) is 10.4. The predicted octanol–water partition coefficient (Wildman–Crippen LogP) is 2.34. The molecule has 1 aliphatic rings. The van der Waals surface area contributed by atoms with Gasteiger partial charge in [0.1, 0.15) is 5.00 Å². The highest BCUT2D eigenvalue weighted by molar-refractivity contribution is 7.13. The average Bonchev–Trinajstić information content (AvgIpc) is 2.83. The first kappa shape index (κ1) is 8.73. The second-order valence-electron chi connectivity index (χ2n) is 3.64. The lowest BCUT2D eigenvalue weighted by Crippen LogP contribution is -2.24. The van der Waals surface area contributed by atoms with Crippen molar-refractivity contribution < 1.29 is 4.79 Å². The van der Waals surface area contributed by atoms with Gasteiger partial charge in [-0.3, -0.25) is 4.79 Å². The lowest BCUT2D eigenvalue weighted by Gasteiger charge is -2.10. The lowest BCUT2D eigenvalue weighted by atomic mass is 10.2. The van der Waals surface area contributed by atoms with Crippen molar-refractivity contribution in [1.82, 2.24) is 9.88 Å². The Morgan fingerprint density at radius 2 is 2.33 bits per heavy atom. The van der Waals surface area contributed by atoms with Crippen molar-refractivity contribution >= 4 is 17.2 Å². The molecule has 1 unspecified atom stereocenters. The Morgan fingerprint density at radius 1 is 1.47 bits per heavy atom. The molecule has 1 aliphatic heterocycles. The third-order valence-electron chi connectivity index (χ3n) is 2.68. The number of carbonyl (C=O) groups is 1. The second kappa shape index (κ2) is 2.97. The van der Waals surface area contributed by atoms with Crippen molar-refractivity contribution in [1.29, 1.82) is 0 Å². The summed E-state index contributed by atoms with van der Waals surface area (Å²) in [5.41, 5.74) is 1.89. The molecule has 0 saturated carbocycles. The smallest absolute Gasteiger partial charge is 0.254 e. The highest BCUT2D eigenvalue weighted by Crippen LogP contribution is 2.29. The molecule has 0 bridgehead atoms. The number of hydrogen-bond donors (Lipinski definition) is 1. The van der Waals surface area contributed by atoms with Gasteiger partial charge in [-0.25, -0.2) is 0 Å². The molecule has 3 nitrogen and oxygen atoms in total. The zero-order valence-electron chi connectivity index (χ0n) is 8.23. The predicted molar refractivity (Wildman–Crippen MR) is 59.5 cm³/mol. The van der Waals surface area contributed by atoms with Gasteiger partial charge in [-0.05, 0) is 30.5 Å². The van der Waals surface area contributed by atoms with E-state index in [1.807, 2.05) is 36.7 Å². The lowest BCUT2D eigenvalue weighted by molar-refractivity contribution is 0.0942. The average molecular weight is 218 g/mol. The molecule has 0 fully saturated rings. The molecule has 0 radical (unpaired) electrons. The number of nitrogens with one attached hydrogen (secondary N) is 1. The Labute approximate surface area is 91.3 Å². The van der Waals surface area contributed by atoms with Crippen LogP contribution in [-0.2, 0) is 0 Å². The largest absolute Gasteiger partial charge is 0.344 e. The van der Waals surface area contributed by atoms with Crippen LogP contribution in [-0.4, -0.2) is 10.5 Å². The van der Waals surface area contributed by atoms with E-state index in [0.29, 0.717) is 0 Å². The zero-order valence-corrected chi connectivity index (χ0v) is 9.04. The summed E-state index contributed by atoms with van der Waals surface area (Å²) in [6.07, 6.45) is 2.00. The molecule has 1 amide bonds. The standard InChI is InChI=1S/C11H10N2OS/c1-7-9-3-2-5-13(9)11-8(4-6-15-11)10(14)12-7/h2-7H,1H3,(H,12,14). The van der Waals surface area contributed by atoms with Crippen LogP contribution in [0.3, 0.4) is 0 Å². The van der Waals surface area contributed by atoms with E-state index < -0.39 is 0 Å². The SMILES string of the molecule is CC1NC(=O)c2ccsc2-n2cccc21. The summed E-state index contributed by atoms with van der Waals surface area (Å²) < 4.78 is 2.09. The first-order valence-electron chi connectivity index (χ1n) is 4.83. The van der Waals surface area contributed by atoms with Gasteiger partial charge in [-0.1, -0.05) is 0 Å². The summed E-state index contributed by atoms with van der Waals surface area (Å²) >= 11 is 1.59. The molecule has 0 aromatic carbocycles. The maximum Gasteiger partial charge on any atom is 0.254 e. The third-order valence-corrected chi connectivity index (χ3v) is 3.59. The van der Waals surface area contributed by atoms with E-state index in [1.54, 1.807) is 11.3 Å². The first-order chi connectivity index (χ1) is 7.27. The molecule has 1 atom stereocenters.